The minimum Gasteiger partial charge on any atom is -0.494 e. The van der Waals surface area contributed by atoms with E-state index >= 15 is 0 Å². The fourth-order valence-corrected chi connectivity index (χ4v) is 2.74. The number of sulfonamides is 1. The number of ether oxygens (including phenoxy) is 1. The summed E-state index contributed by atoms with van der Waals surface area (Å²) in [7, 11) is -3.62. The minimum absolute atomic E-state index is 0. The molecule has 2 aromatic carbocycles. The molecule has 0 aliphatic carbocycles. The van der Waals surface area contributed by atoms with Gasteiger partial charge in [0.2, 0.25) is 10.0 Å². The molecule has 132 valence electrons. The predicted molar refractivity (Wildman–Crippen MR) is 98.1 cm³/mol. The molecular weight excluding hydrogens is 348 g/mol. The van der Waals surface area contributed by atoms with E-state index in [1.807, 2.05) is 25.1 Å². The lowest BCUT2D eigenvalue weighted by Gasteiger charge is -2.08. The maximum atomic E-state index is 11.2. The van der Waals surface area contributed by atoms with Gasteiger partial charge in [-0.1, -0.05) is 24.3 Å². The molecule has 0 aliphatic heterocycles. The Labute approximate surface area is 149 Å². The standard InChI is InChI=1S/C17H22N2O3S.ClH/c1-2-22-16-5-3-4-15(12-16)13-19-11-10-14-6-8-17(9-7-14)23(18,20)21;/h3-9,12,19H,2,10-11,13H2,1H3,(H2,18,20,21);1H. The second kappa shape index (κ2) is 9.64. The highest BCUT2D eigenvalue weighted by Crippen LogP contribution is 2.13. The van der Waals surface area contributed by atoms with E-state index in [0.29, 0.717) is 6.61 Å². The van der Waals surface area contributed by atoms with E-state index in [4.69, 9.17) is 9.88 Å². The molecule has 0 spiro atoms. The van der Waals surface area contributed by atoms with Crippen LogP contribution in [0, 0.1) is 0 Å². The van der Waals surface area contributed by atoms with E-state index < -0.39 is 10.0 Å². The summed E-state index contributed by atoms with van der Waals surface area (Å²) in [4.78, 5) is 0.141. The first-order chi connectivity index (χ1) is 11.0. The zero-order valence-corrected chi connectivity index (χ0v) is 15.2. The van der Waals surface area contributed by atoms with Crippen LogP contribution < -0.4 is 15.2 Å². The molecule has 0 atom stereocenters. The Bertz CT molecular complexity index is 734. The van der Waals surface area contributed by atoms with Gasteiger partial charge in [0, 0.05) is 6.54 Å². The fraction of sp³-hybridized carbons (Fsp3) is 0.294. The van der Waals surface area contributed by atoms with Gasteiger partial charge in [-0.05, 0) is 55.3 Å². The number of primary sulfonamides is 1. The summed E-state index contributed by atoms with van der Waals surface area (Å²) in [6.07, 6.45) is 0.816. The number of nitrogens with two attached hydrogens (primary N) is 1. The van der Waals surface area contributed by atoms with Crippen molar-refractivity contribution in [2.24, 2.45) is 5.14 Å². The van der Waals surface area contributed by atoms with Gasteiger partial charge < -0.3 is 10.1 Å². The van der Waals surface area contributed by atoms with Gasteiger partial charge in [-0.3, -0.25) is 0 Å². The molecule has 0 aromatic heterocycles. The Balaban J connectivity index is 0.00000288. The second-order valence-electron chi connectivity index (χ2n) is 5.20. The fourth-order valence-electron chi connectivity index (χ4n) is 2.22. The molecule has 0 aliphatic rings. The van der Waals surface area contributed by atoms with E-state index in [9.17, 15) is 8.42 Å². The lowest BCUT2D eigenvalue weighted by Crippen LogP contribution is -2.17. The highest BCUT2D eigenvalue weighted by atomic mass is 35.5. The van der Waals surface area contributed by atoms with Crippen LogP contribution in [0.1, 0.15) is 18.1 Å². The smallest absolute Gasteiger partial charge is 0.238 e. The third-order valence-electron chi connectivity index (χ3n) is 3.38. The van der Waals surface area contributed by atoms with Crippen molar-refractivity contribution in [2.75, 3.05) is 13.2 Å². The first-order valence-corrected chi connectivity index (χ1v) is 9.08. The van der Waals surface area contributed by atoms with Crippen LogP contribution in [0.25, 0.3) is 0 Å². The average Bonchev–Trinajstić information content (AvgIpc) is 2.52. The Hall–Kier alpha value is -1.60. The SMILES string of the molecule is CCOc1cccc(CNCCc2ccc(S(N)(=O)=O)cc2)c1.Cl. The quantitative estimate of drug-likeness (QED) is 0.699. The van der Waals surface area contributed by atoms with Crippen molar-refractivity contribution in [1.29, 1.82) is 0 Å². The molecule has 0 amide bonds. The van der Waals surface area contributed by atoms with Gasteiger partial charge in [0.25, 0.3) is 0 Å². The Morgan fingerprint density at radius 3 is 2.42 bits per heavy atom. The molecule has 0 unspecified atom stereocenters. The third kappa shape index (κ3) is 6.49. The zero-order valence-electron chi connectivity index (χ0n) is 13.6. The third-order valence-corrected chi connectivity index (χ3v) is 4.31. The van der Waals surface area contributed by atoms with Crippen molar-refractivity contribution < 1.29 is 13.2 Å². The molecule has 3 N–H and O–H groups in total. The van der Waals surface area contributed by atoms with E-state index in [0.717, 1.165) is 30.8 Å². The maximum Gasteiger partial charge on any atom is 0.238 e. The van der Waals surface area contributed by atoms with Crippen LogP contribution in [0.15, 0.2) is 53.4 Å². The van der Waals surface area contributed by atoms with Gasteiger partial charge in [0.05, 0.1) is 11.5 Å². The summed E-state index contributed by atoms with van der Waals surface area (Å²) >= 11 is 0. The molecule has 7 heteroatoms. The number of benzene rings is 2. The molecule has 0 bridgehead atoms. The van der Waals surface area contributed by atoms with Crippen LogP contribution in [0.5, 0.6) is 5.75 Å². The first-order valence-electron chi connectivity index (χ1n) is 7.53. The largest absolute Gasteiger partial charge is 0.494 e. The van der Waals surface area contributed by atoms with E-state index in [1.54, 1.807) is 12.1 Å². The van der Waals surface area contributed by atoms with E-state index in [1.165, 1.54) is 17.7 Å². The number of hydrogen-bond donors (Lipinski definition) is 2. The van der Waals surface area contributed by atoms with E-state index in [2.05, 4.69) is 11.4 Å². The Kier molecular flexibility index (Phi) is 8.21. The van der Waals surface area contributed by atoms with Crippen molar-refractivity contribution in [3.05, 3.63) is 59.7 Å². The Morgan fingerprint density at radius 1 is 1.08 bits per heavy atom. The van der Waals surface area contributed by atoms with Gasteiger partial charge in [-0.25, -0.2) is 13.6 Å². The van der Waals surface area contributed by atoms with Crippen LogP contribution in [0.4, 0.5) is 0 Å². The van der Waals surface area contributed by atoms with Crippen LogP contribution in [-0.4, -0.2) is 21.6 Å². The number of halogens is 1. The van der Waals surface area contributed by atoms with Gasteiger partial charge in [0.1, 0.15) is 5.75 Å². The summed E-state index contributed by atoms with van der Waals surface area (Å²) in [5.74, 6) is 0.880. The van der Waals surface area contributed by atoms with Crippen LogP contribution in [0.3, 0.4) is 0 Å². The number of nitrogens with one attached hydrogen (secondary N) is 1. The molecule has 5 nitrogen and oxygen atoms in total. The summed E-state index contributed by atoms with van der Waals surface area (Å²) in [6, 6.07) is 14.7. The minimum atomic E-state index is -3.62. The number of hydrogen-bond acceptors (Lipinski definition) is 4. The van der Waals surface area contributed by atoms with Crippen LogP contribution >= 0.6 is 12.4 Å². The van der Waals surface area contributed by atoms with Crippen molar-refractivity contribution in [2.45, 2.75) is 24.8 Å². The summed E-state index contributed by atoms with van der Waals surface area (Å²) in [6.45, 7) is 4.18. The van der Waals surface area contributed by atoms with Crippen molar-refractivity contribution in [3.8, 4) is 5.75 Å². The monoisotopic (exact) mass is 370 g/mol. The molecular formula is C17H23ClN2O3S. The zero-order chi connectivity index (χ0) is 16.7. The molecule has 24 heavy (non-hydrogen) atoms. The van der Waals surface area contributed by atoms with E-state index in [-0.39, 0.29) is 17.3 Å². The lowest BCUT2D eigenvalue weighted by atomic mass is 10.1. The summed E-state index contributed by atoms with van der Waals surface area (Å²) in [5, 5.41) is 8.44. The molecule has 0 saturated heterocycles. The normalized spacial score (nSPS) is 10.9. The average molecular weight is 371 g/mol. The molecule has 0 radical (unpaired) electrons. The maximum absolute atomic E-state index is 11.2. The van der Waals surface area contributed by atoms with Crippen LogP contribution in [0.2, 0.25) is 0 Å². The summed E-state index contributed by atoms with van der Waals surface area (Å²) in [5.41, 5.74) is 2.23. The molecule has 0 fully saturated rings. The van der Waals surface area contributed by atoms with Gasteiger partial charge in [0.15, 0.2) is 0 Å². The highest BCUT2D eigenvalue weighted by Gasteiger charge is 2.06. The topological polar surface area (TPSA) is 81.4 Å². The van der Waals surface area contributed by atoms with Crippen molar-refractivity contribution in [3.63, 3.8) is 0 Å². The highest BCUT2D eigenvalue weighted by molar-refractivity contribution is 7.89. The van der Waals surface area contributed by atoms with Gasteiger partial charge in [-0.2, -0.15) is 0 Å². The van der Waals surface area contributed by atoms with Crippen LogP contribution in [-0.2, 0) is 23.0 Å². The number of rotatable bonds is 8. The molecule has 0 heterocycles. The first kappa shape index (κ1) is 20.4. The second-order valence-corrected chi connectivity index (χ2v) is 6.76. The van der Waals surface area contributed by atoms with Crippen molar-refractivity contribution >= 4 is 22.4 Å². The predicted octanol–water partition coefficient (Wildman–Crippen LogP) is 2.49. The molecule has 2 rings (SSSR count). The molecule has 0 saturated carbocycles. The summed E-state index contributed by atoms with van der Waals surface area (Å²) < 4.78 is 27.9. The molecule has 2 aromatic rings. The van der Waals surface area contributed by atoms with Gasteiger partial charge in [-0.15, -0.1) is 12.4 Å². The Morgan fingerprint density at radius 2 is 1.79 bits per heavy atom. The lowest BCUT2D eigenvalue weighted by molar-refractivity contribution is 0.340. The van der Waals surface area contributed by atoms with Crippen molar-refractivity contribution in [1.82, 2.24) is 5.32 Å². The van der Waals surface area contributed by atoms with Gasteiger partial charge >= 0.3 is 0 Å².